The van der Waals surface area contributed by atoms with E-state index in [-0.39, 0.29) is 0 Å². The van der Waals surface area contributed by atoms with E-state index in [1.54, 1.807) is 18.2 Å². The number of rotatable bonds is 5. The van der Waals surface area contributed by atoms with Gasteiger partial charge in [-0.15, -0.1) is 10.2 Å². The summed E-state index contributed by atoms with van der Waals surface area (Å²) in [6.45, 7) is 3.35. The van der Waals surface area contributed by atoms with E-state index in [1.807, 2.05) is 4.52 Å². The predicted molar refractivity (Wildman–Crippen MR) is 98.6 cm³/mol. The van der Waals surface area contributed by atoms with Gasteiger partial charge in [0.05, 0.1) is 11.6 Å². The molecule has 132 valence electrons. The topological polar surface area (TPSA) is 55.6 Å². The quantitative estimate of drug-likeness (QED) is 0.649. The summed E-state index contributed by atoms with van der Waals surface area (Å²) in [5.41, 5.74) is 0. The van der Waals surface area contributed by atoms with Crippen LogP contribution in [0.15, 0.2) is 18.2 Å². The highest BCUT2D eigenvalue weighted by molar-refractivity contribution is 7.16. The first-order valence-electron chi connectivity index (χ1n) is 8.19. The number of hydrogen-bond donors (Lipinski definition) is 0. The van der Waals surface area contributed by atoms with Crippen LogP contribution in [-0.2, 0) is 13.2 Å². The molecular formula is C16H17Cl2N5OS. The number of ether oxygens (including phenoxy) is 1. The van der Waals surface area contributed by atoms with Crippen molar-refractivity contribution in [2.75, 3.05) is 13.1 Å². The first-order chi connectivity index (χ1) is 12.2. The fraction of sp³-hybridized carbons (Fsp3) is 0.438. The van der Waals surface area contributed by atoms with E-state index in [2.05, 4.69) is 20.2 Å². The molecule has 1 aromatic carbocycles. The van der Waals surface area contributed by atoms with Crippen molar-refractivity contribution in [3.8, 4) is 5.75 Å². The molecule has 0 aliphatic carbocycles. The van der Waals surface area contributed by atoms with Gasteiger partial charge in [-0.05, 0) is 44.1 Å². The van der Waals surface area contributed by atoms with Crippen LogP contribution in [0.5, 0.6) is 5.75 Å². The summed E-state index contributed by atoms with van der Waals surface area (Å²) < 4.78 is 7.57. The van der Waals surface area contributed by atoms with Gasteiger partial charge in [0, 0.05) is 5.02 Å². The van der Waals surface area contributed by atoms with Gasteiger partial charge in [-0.2, -0.15) is 9.61 Å². The molecule has 25 heavy (non-hydrogen) atoms. The van der Waals surface area contributed by atoms with Crippen LogP contribution in [0.25, 0.3) is 4.96 Å². The molecule has 0 radical (unpaired) electrons. The molecule has 0 saturated carbocycles. The van der Waals surface area contributed by atoms with Crippen molar-refractivity contribution in [1.29, 1.82) is 0 Å². The third-order valence-corrected chi connectivity index (χ3v) is 5.56. The first kappa shape index (κ1) is 17.0. The molecule has 1 saturated heterocycles. The smallest absolute Gasteiger partial charge is 0.234 e. The van der Waals surface area contributed by atoms with Crippen LogP contribution < -0.4 is 4.74 Å². The monoisotopic (exact) mass is 397 g/mol. The van der Waals surface area contributed by atoms with Gasteiger partial charge < -0.3 is 4.74 Å². The Morgan fingerprint density at radius 3 is 2.76 bits per heavy atom. The molecule has 3 aromatic rings. The van der Waals surface area contributed by atoms with Crippen molar-refractivity contribution >= 4 is 39.5 Å². The second kappa shape index (κ2) is 7.45. The fourth-order valence-electron chi connectivity index (χ4n) is 2.90. The zero-order chi connectivity index (χ0) is 17.2. The van der Waals surface area contributed by atoms with Crippen LogP contribution in [0.3, 0.4) is 0 Å². The van der Waals surface area contributed by atoms with E-state index < -0.39 is 0 Å². The van der Waals surface area contributed by atoms with Crippen LogP contribution in [0.2, 0.25) is 10.0 Å². The Morgan fingerprint density at radius 2 is 1.96 bits per heavy atom. The first-order valence-corrected chi connectivity index (χ1v) is 9.76. The van der Waals surface area contributed by atoms with Crippen molar-refractivity contribution in [2.24, 2.45) is 0 Å². The zero-order valence-corrected chi connectivity index (χ0v) is 15.8. The number of aromatic nitrogens is 4. The predicted octanol–water partition coefficient (Wildman–Crippen LogP) is 4.06. The summed E-state index contributed by atoms with van der Waals surface area (Å²) >= 11 is 13.5. The summed E-state index contributed by atoms with van der Waals surface area (Å²) in [6.07, 6.45) is 3.82. The maximum Gasteiger partial charge on any atom is 0.234 e. The molecule has 0 atom stereocenters. The summed E-state index contributed by atoms with van der Waals surface area (Å²) in [7, 11) is 0. The van der Waals surface area contributed by atoms with E-state index >= 15 is 0 Å². The van der Waals surface area contributed by atoms with Gasteiger partial charge in [-0.25, -0.2) is 0 Å². The Kier molecular flexibility index (Phi) is 5.08. The number of fused-ring (bicyclic) bond motifs is 1. The van der Waals surface area contributed by atoms with Gasteiger partial charge in [0.15, 0.2) is 10.8 Å². The normalized spacial score (nSPS) is 15.8. The average Bonchev–Trinajstić information content (AvgIpc) is 3.17. The molecule has 0 N–H and O–H groups in total. The number of halogens is 2. The van der Waals surface area contributed by atoms with Gasteiger partial charge in [-0.3, -0.25) is 4.90 Å². The molecule has 1 aliphatic heterocycles. The minimum Gasteiger partial charge on any atom is -0.485 e. The lowest BCUT2D eigenvalue weighted by Gasteiger charge is -2.25. The Bertz CT molecular complexity index is 875. The summed E-state index contributed by atoms with van der Waals surface area (Å²) in [6, 6.07) is 5.17. The SMILES string of the molecule is Clc1ccc(OCc2nn3c(CN4CCCCC4)nnc3s2)c(Cl)c1. The number of likely N-dealkylation sites (tertiary alicyclic amines) is 1. The Morgan fingerprint density at radius 1 is 1.12 bits per heavy atom. The highest BCUT2D eigenvalue weighted by atomic mass is 35.5. The lowest BCUT2D eigenvalue weighted by molar-refractivity contribution is 0.214. The van der Waals surface area contributed by atoms with Crippen LogP contribution in [0.4, 0.5) is 0 Å². The Hall–Kier alpha value is -1.41. The third kappa shape index (κ3) is 3.89. The van der Waals surface area contributed by atoms with E-state index in [0.29, 0.717) is 22.4 Å². The van der Waals surface area contributed by atoms with Gasteiger partial charge in [-0.1, -0.05) is 41.0 Å². The number of piperidine rings is 1. The third-order valence-electron chi connectivity index (χ3n) is 4.16. The molecule has 0 bridgehead atoms. The second-order valence-electron chi connectivity index (χ2n) is 6.01. The van der Waals surface area contributed by atoms with E-state index in [4.69, 9.17) is 27.9 Å². The van der Waals surface area contributed by atoms with Crippen LogP contribution in [-0.4, -0.2) is 37.8 Å². The van der Waals surface area contributed by atoms with Crippen molar-refractivity contribution < 1.29 is 4.74 Å². The summed E-state index contributed by atoms with van der Waals surface area (Å²) in [5.74, 6) is 1.47. The van der Waals surface area contributed by atoms with Gasteiger partial charge >= 0.3 is 0 Å². The molecule has 2 aromatic heterocycles. The summed E-state index contributed by atoms with van der Waals surface area (Å²) in [4.78, 5) is 3.19. The maximum absolute atomic E-state index is 6.13. The lowest BCUT2D eigenvalue weighted by Crippen LogP contribution is -2.30. The van der Waals surface area contributed by atoms with Crippen LogP contribution in [0.1, 0.15) is 30.1 Å². The molecule has 3 heterocycles. The largest absolute Gasteiger partial charge is 0.485 e. The highest BCUT2D eigenvalue weighted by Crippen LogP contribution is 2.28. The van der Waals surface area contributed by atoms with Crippen molar-refractivity contribution in [1.82, 2.24) is 24.7 Å². The number of benzene rings is 1. The molecule has 9 heteroatoms. The van der Waals surface area contributed by atoms with Crippen LogP contribution in [0, 0.1) is 0 Å². The second-order valence-corrected chi connectivity index (χ2v) is 7.89. The van der Waals surface area contributed by atoms with Crippen LogP contribution >= 0.6 is 34.5 Å². The van der Waals surface area contributed by atoms with Crippen molar-refractivity contribution in [3.05, 3.63) is 39.1 Å². The van der Waals surface area contributed by atoms with Crippen molar-refractivity contribution in [2.45, 2.75) is 32.4 Å². The van der Waals surface area contributed by atoms with Gasteiger partial charge in [0.1, 0.15) is 12.4 Å². The Labute approximate surface area is 159 Å². The van der Waals surface area contributed by atoms with E-state index in [9.17, 15) is 0 Å². The van der Waals surface area contributed by atoms with Gasteiger partial charge in [0.2, 0.25) is 4.96 Å². The minimum absolute atomic E-state index is 0.332. The fourth-order valence-corrected chi connectivity index (χ4v) is 4.13. The number of hydrogen-bond acceptors (Lipinski definition) is 6. The van der Waals surface area contributed by atoms with Gasteiger partial charge in [0.25, 0.3) is 0 Å². The van der Waals surface area contributed by atoms with Crippen molar-refractivity contribution in [3.63, 3.8) is 0 Å². The zero-order valence-electron chi connectivity index (χ0n) is 13.5. The molecule has 0 spiro atoms. The summed E-state index contributed by atoms with van der Waals surface area (Å²) in [5, 5.41) is 15.0. The van der Waals surface area contributed by atoms with E-state index in [0.717, 1.165) is 35.4 Å². The Balaban J connectivity index is 1.46. The molecule has 0 amide bonds. The molecule has 4 rings (SSSR count). The standard InChI is InChI=1S/C16H17Cl2N5OS/c17-11-4-5-13(12(18)8-11)24-10-15-21-23-14(19-20-16(23)25-15)9-22-6-2-1-3-7-22/h4-5,8H,1-3,6-7,9-10H2. The molecule has 1 aliphatic rings. The lowest BCUT2D eigenvalue weighted by atomic mass is 10.1. The molecular weight excluding hydrogens is 381 g/mol. The minimum atomic E-state index is 0.332. The number of nitrogens with zero attached hydrogens (tertiary/aromatic N) is 5. The molecule has 0 unspecified atom stereocenters. The highest BCUT2D eigenvalue weighted by Gasteiger charge is 2.17. The van der Waals surface area contributed by atoms with E-state index in [1.165, 1.54) is 30.6 Å². The maximum atomic E-state index is 6.13. The molecule has 1 fully saturated rings. The molecule has 6 nitrogen and oxygen atoms in total. The average molecular weight is 398 g/mol.